The Balaban J connectivity index is 1.57. The first-order valence-corrected chi connectivity index (χ1v) is 8.82. The number of hydrogen-bond acceptors (Lipinski definition) is 5. The van der Waals surface area contributed by atoms with Gasteiger partial charge in [-0.3, -0.25) is 24.3 Å². The van der Waals surface area contributed by atoms with Crippen LogP contribution >= 0.6 is 0 Å². The van der Waals surface area contributed by atoms with Gasteiger partial charge < -0.3 is 9.64 Å². The van der Waals surface area contributed by atoms with Gasteiger partial charge in [-0.1, -0.05) is 20.8 Å². The summed E-state index contributed by atoms with van der Waals surface area (Å²) in [4.78, 5) is 49.1. The van der Waals surface area contributed by atoms with E-state index in [0.717, 1.165) is 36.1 Å². The Bertz CT molecular complexity index is 840. The highest BCUT2D eigenvalue weighted by molar-refractivity contribution is 5.81. The molecule has 2 fully saturated rings. The highest BCUT2D eigenvalue weighted by atomic mass is 16.5. The van der Waals surface area contributed by atoms with Gasteiger partial charge in [0.2, 0.25) is 0 Å². The SMILES string of the molecule is CC1(C)CC2CC(C)(CN2C(=O)COC(=O)Cn2[nH]c(=O)ccc2=O)C1. The van der Waals surface area contributed by atoms with E-state index in [2.05, 4.69) is 25.9 Å². The van der Waals surface area contributed by atoms with Crippen LogP contribution in [0.25, 0.3) is 0 Å². The van der Waals surface area contributed by atoms with Gasteiger partial charge in [0.1, 0.15) is 6.54 Å². The van der Waals surface area contributed by atoms with Crippen LogP contribution in [0.5, 0.6) is 0 Å². The molecule has 2 atom stereocenters. The summed E-state index contributed by atoms with van der Waals surface area (Å²) in [6.07, 6.45) is 3.00. The van der Waals surface area contributed by atoms with Crippen LogP contribution in [-0.2, 0) is 20.9 Å². The molecule has 1 saturated heterocycles. The van der Waals surface area contributed by atoms with Crippen molar-refractivity contribution >= 4 is 11.9 Å². The van der Waals surface area contributed by atoms with Gasteiger partial charge in [-0.2, -0.15) is 0 Å². The Labute approximate surface area is 151 Å². The first-order valence-electron chi connectivity index (χ1n) is 8.82. The number of hydrogen-bond donors (Lipinski definition) is 1. The van der Waals surface area contributed by atoms with Crippen LogP contribution in [0, 0.1) is 10.8 Å². The van der Waals surface area contributed by atoms with Crippen molar-refractivity contribution in [2.24, 2.45) is 10.8 Å². The summed E-state index contributed by atoms with van der Waals surface area (Å²) in [7, 11) is 0. The maximum Gasteiger partial charge on any atom is 0.328 e. The van der Waals surface area contributed by atoms with E-state index in [9.17, 15) is 19.2 Å². The number of amides is 1. The molecule has 1 aromatic heterocycles. The van der Waals surface area contributed by atoms with Crippen molar-refractivity contribution in [1.82, 2.24) is 14.7 Å². The van der Waals surface area contributed by atoms with Crippen LogP contribution < -0.4 is 11.1 Å². The van der Waals surface area contributed by atoms with E-state index < -0.39 is 23.6 Å². The minimum atomic E-state index is -0.740. The van der Waals surface area contributed by atoms with Gasteiger partial charge in [-0.05, 0) is 30.1 Å². The van der Waals surface area contributed by atoms with Gasteiger partial charge in [0.15, 0.2) is 6.61 Å². The lowest BCUT2D eigenvalue weighted by molar-refractivity contribution is -0.153. The second kappa shape index (κ2) is 6.41. The number of nitrogens with one attached hydrogen (secondary N) is 1. The van der Waals surface area contributed by atoms with E-state index in [0.29, 0.717) is 6.54 Å². The second-order valence-corrected chi connectivity index (χ2v) is 8.63. The Morgan fingerprint density at radius 1 is 1.23 bits per heavy atom. The summed E-state index contributed by atoms with van der Waals surface area (Å²) in [5, 5.41) is 2.25. The van der Waals surface area contributed by atoms with Crippen molar-refractivity contribution in [2.75, 3.05) is 13.2 Å². The topological polar surface area (TPSA) is 101 Å². The molecule has 26 heavy (non-hydrogen) atoms. The van der Waals surface area contributed by atoms with Gasteiger partial charge in [0.25, 0.3) is 17.0 Å². The first-order chi connectivity index (χ1) is 12.1. The van der Waals surface area contributed by atoms with Crippen LogP contribution in [-0.4, -0.2) is 45.8 Å². The zero-order valence-corrected chi connectivity index (χ0v) is 15.4. The van der Waals surface area contributed by atoms with Crippen molar-refractivity contribution in [3.8, 4) is 0 Å². The van der Waals surface area contributed by atoms with Crippen LogP contribution in [0.3, 0.4) is 0 Å². The first kappa shape index (κ1) is 18.4. The highest BCUT2D eigenvalue weighted by Crippen LogP contribution is 2.52. The van der Waals surface area contributed by atoms with Gasteiger partial charge in [0.05, 0.1) is 0 Å². The predicted octanol–water partition coefficient (Wildman–Crippen LogP) is 0.507. The maximum absolute atomic E-state index is 12.5. The highest BCUT2D eigenvalue weighted by Gasteiger charge is 2.50. The van der Waals surface area contributed by atoms with E-state index in [4.69, 9.17) is 4.74 Å². The molecule has 3 rings (SSSR count). The lowest BCUT2D eigenvalue weighted by Crippen LogP contribution is -2.40. The third-order valence-corrected chi connectivity index (χ3v) is 5.27. The smallest absolute Gasteiger partial charge is 0.328 e. The van der Waals surface area contributed by atoms with Gasteiger partial charge in [0, 0.05) is 24.7 Å². The minimum absolute atomic E-state index is 0.114. The Morgan fingerprint density at radius 3 is 2.69 bits per heavy atom. The number of carbonyl (C=O) groups excluding carboxylic acids is 2. The molecule has 1 aliphatic heterocycles. The summed E-state index contributed by atoms with van der Waals surface area (Å²) >= 11 is 0. The Morgan fingerprint density at radius 2 is 1.96 bits per heavy atom. The quantitative estimate of drug-likeness (QED) is 0.785. The lowest BCUT2D eigenvalue weighted by atomic mass is 9.65. The molecule has 0 radical (unpaired) electrons. The number of aromatic nitrogens is 2. The molecule has 142 valence electrons. The molecule has 1 saturated carbocycles. The van der Waals surface area contributed by atoms with E-state index in [1.54, 1.807) is 0 Å². The van der Waals surface area contributed by atoms with E-state index in [1.807, 2.05) is 4.90 Å². The predicted molar refractivity (Wildman–Crippen MR) is 93.5 cm³/mol. The number of aromatic amines is 1. The summed E-state index contributed by atoms with van der Waals surface area (Å²) in [5.41, 5.74) is -0.697. The minimum Gasteiger partial charge on any atom is -0.454 e. The molecule has 2 unspecified atom stereocenters. The van der Waals surface area contributed by atoms with E-state index in [-0.39, 0.29) is 29.4 Å². The lowest BCUT2D eigenvalue weighted by Gasteiger charge is -2.39. The van der Waals surface area contributed by atoms with Crippen LogP contribution in [0.2, 0.25) is 0 Å². The average molecular weight is 363 g/mol. The van der Waals surface area contributed by atoms with E-state index in [1.165, 1.54) is 0 Å². The number of ether oxygens (including phenoxy) is 1. The van der Waals surface area contributed by atoms with E-state index >= 15 is 0 Å². The number of carbonyl (C=O) groups is 2. The molecular weight excluding hydrogens is 338 g/mol. The summed E-state index contributed by atoms with van der Waals surface area (Å²) in [6, 6.07) is 2.34. The number of esters is 1. The molecule has 1 aromatic rings. The third-order valence-electron chi connectivity index (χ3n) is 5.27. The summed E-state index contributed by atoms with van der Waals surface area (Å²) in [5.74, 6) is -0.949. The average Bonchev–Trinajstić information content (AvgIpc) is 2.77. The Hall–Kier alpha value is -2.38. The summed E-state index contributed by atoms with van der Waals surface area (Å²) < 4.78 is 5.90. The third kappa shape index (κ3) is 3.89. The van der Waals surface area contributed by atoms with Crippen molar-refractivity contribution in [1.29, 1.82) is 0 Å². The number of fused-ring (bicyclic) bond motifs is 2. The molecule has 8 heteroatoms. The fourth-order valence-corrected chi connectivity index (χ4v) is 4.73. The molecule has 2 aliphatic rings. The molecular formula is C18H25N3O5. The molecule has 1 aliphatic carbocycles. The summed E-state index contributed by atoms with van der Waals surface area (Å²) in [6.45, 7) is 6.56. The zero-order chi connectivity index (χ0) is 19.1. The number of likely N-dealkylation sites (tertiary alicyclic amines) is 1. The van der Waals surface area contributed by atoms with Gasteiger partial charge in [-0.15, -0.1) is 0 Å². The van der Waals surface area contributed by atoms with Crippen molar-refractivity contribution in [3.63, 3.8) is 0 Å². The standard InChI is InChI=1S/C18H25N3O5/c1-17(2)6-12-7-18(3,10-17)11-20(12)15(24)9-26-16(25)8-21-14(23)5-4-13(22)19-21/h4-5,12H,6-11H2,1-3H3,(H,19,22). The largest absolute Gasteiger partial charge is 0.454 e. The number of rotatable bonds is 4. The van der Waals surface area contributed by atoms with Crippen molar-refractivity contribution in [3.05, 3.63) is 32.8 Å². The second-order valence-electron chi connectivity index (χ2n) is 8.63. The molecule has 2 bridgehead atoms. The van der Waals surface area contributed by atoms with Gasteiger partial charge >= 0.3 is 5.97 Å². The zero-order valence-electron chi connectivity index (χ0n) is 15.4. The molecule has 0 spiro atoms. The molecule has 1 N–H and O–H groups in total. The molecule has 8 nitrogen and oxygen atoms in total. The normalized spacial score (nSPS) is 26.6. The van der Waals surface area contributed by atoms with Crippen LogP contribution in [0.4, 0.5) is 0 Å². The van der Waals surface area contributed by atoms with Crippen LogP contribution in [0.15, 0.2) is 21.7 Å². The van der Waals surface area contributed by atoms with Gasteiger partial charge in [-0.25, -0.2) is 4.68 Å². The molecule has 0 aromatic carbocycles. The number of nitrogens with zero attached hydrogens (tertiary/aromatic N) is 2. The Kier molecular flexibility index (Phi) is 4.54. The molecule has 2 heterocycles. The molecule has 1 amide bonds. The van der Waals surface area contributed by atoms with Crippen molar-refractivity contribution < 1.29 is 14.3 Å². The van der Waals surface area contributed by atoms with Crippen molar-refractivity contribution in [2.45, 2.75) is 52.6 Å². The monoisotopic (exact) mass is 363 g/mol. The maximum atomic E-state index is 12.5. The number of H-pyrrole nitrogens is 1. The fourth-order valence-electron chi connectivity index (χ4n) is 4.73. The van der Waals surface area contributed by atoms with Crippen LogP contribution in [0.1, 0.15) is 40.0 Å². The fraction of sp³-hybridized carbons (Fsp3) is 0.667.